The fourth-order valence-electron chi connectivity index (χ4n) is 1.97. The first-order valence-electron chi connectivity index (χ1n) is 6.93. The Labute approximate surface area is 114 Å². The number of unbranched alkanes of at least 4 members (excludes halogenated alkanes) is 1. The summed E-state index contributed by atoms with van der Waals surface area (Å²) in [6.45, 7) is 4.65. The van der Waals surface area contributed by atoms with Gasteiger partial charge in [-0.25, -0.2) is 8.78 Å². The van der Waals surface area contributed by atoms with E-state index in [1.165, 1.54) is 12.1 Å². The number of hydrogen-bond acceptors (Lipinski definition) is 2. The summed E-state index contributed by atoms with van der Waals surface area (Å²) in [4.78, 5) is 0. The van der Waals surface area contributed by atoms with E-state index in [0.29, 0.717) is 18.1 Å². The molecule has 0 fully saturated rings. The lowest BCUT2D eigenvalue weighted by molar-refractivity contribution is 0.216. The number of hydrogen-bond donors (Lipinski definition) is 1. The lowest BCUT2D eigenvalue weighted by Gasteiger charge is -2.16. The van der Waals surface area contributed by atoms with Gasteiger partial charge in [0.2, 0.25) is 0 Å². The van der Waals surface area contributed by atoms with Gasteiger partial charge in [0.15, 0.2) is 17.4 Å². The van der Waals surface area contributed by atoms with Crippen LogP contribution in [0, 0.1) is 17.6 Å². The quantitative estimate of drug-likeness (QED) is 0.775. The Balaban J connectivity index is 2.66. The van der Waals surface area contributed by atoms with Crippen molar-refractivity contribution in [2.45, 2.75) is 46.1 Å². The standard InChI is InChI=1S/C15H23F2NO/c1-3-5-6-11(4-2)10-19-15-13(16)7-12(9-18)8-14(15)17/h7-8,11H,3-6,9-10,18H2,1-2H3. The van der Waals surface area contributed by atoms with E-state index in [1.54, 1.807) is 0 Å². The van der Waals surface area contributed by atoms with Crippen LogP contribution in [-0.2, 0) is 6.54 Å². The molecule has 1 rings (SSSR count). The van der Waals surface area contributed by atoms with Gasteiger partial charge in [-0.3, -0.25) is 0 Å². The van der Waals surface area contributed by atoms with Crippen molar-refractivity contribution in [1.29, 1.82) is 0 Å². The Kier molecular flexibility index (Phi) is 6.78. The average Bonchev–Trinajstić information content (AvgIpc) is 2.40. The minimum atomic E-state index is -0.675. The molecule has 2 N–H and O–H groups in total. The highest BCUT2D eigenvalue weighted by Gasteiger charge is 2.14. The molecule has 0 bridgehead atoms. The van der Waals surface area contributed by atoms with E-state index in [1.807, 2.05) is 0 Å². The van der Waals surface area contributed by atoms with E-state index in [9.17, 15) is 8.78 Å². The monoisotopic (exact) mass is 271 g/mol. The molecule has 0 aromatic heterocycles. The van der Waals surface area contributed by atoms with Crippen molar-refractivity contribution < 1.29 is 13.5 Å². The van der Waals surface area contributed by atoms with Crippen LogP contribution in [0.4, 0.5) is 8.78 Å². The molecule has 1 aromatic rings. The summed E-state index contributed by atoms with van der Waals surface area (Å²) in [5.74, 6) is -1.29. The van der Waals surface area contributed by atoms with E-state index in [2.05, 4.69) is 13.8 Å². The molecule has 2 nitrogen and oxygen atoms in total. The summed E-state index contributed by atoms with van der Waals surface area (Å²) in [5.41, 5.74) is 5.79. The highest BCUT2D eigenvalue weighted by molar-refractivity contribution is 5.31. The van der Waals surface area contributed by atoms with E-state index in [4.69, 9.17) is 10.5 Å². The normalized spacial score (nSPS) is 12.5. The highest BCUT2D eigenvalue weighted by atomic mass is 19.1. The van der Waals surface area contributed by atoms with Gasteiger partial charge in [-0.2, -0.15) is 0 Å². The first kappa shape index (κ1) is 15.9. The summed E-state index contributed by atoms with van der Waals surface area (Å²) < 4.78 is 32.7. The van der Waals surface area contributed by atoms with Crippen LogP contribution >= 0.6 is 0 Å². The maximum absolute atomic E-state index is 13.7. The van der Waals surface area contributed by atoms with Crippen molar-refractivity contribution in [2.24, 2.45) is 11.7 Å². The number of rotatable bonds is 8. The average molecular weight is 271 g/mol. The SMILES string of the molecule is CCCCC(CC)COc1c(F)cc(CN)cc1F. The fourth-order valence-corrected chi connectivity index (χ4v) is 1.97. The van der Waals surface area contributed by atoms with Gasteiger partial charge in [-0.1, -0.05) is 33.1 Å². The van der Waals surface area contributed by atoms with E-state index in [0.717, 1.165) is 25.7 Å². The Morgan fingerprint density at radius 3 is 2.32 bits per heavy atom. The lowest BCUT2D eigenvalue weighted by atomic mass is 10.0. The maximum atomic E-state index is 13.7. The van der Waals surface area contributed by atoms with Crippen LogP contribution in [0.15, 0.2) is 12.1 Å². The summed E-state index contributed by atoms with van der Waals surface area (Å²) in [7, 11) is 0. The van der Waals surface area contributed by atoms with Crippen LogP contribution in [0.1, 0.15) is 45.1 Å². The fraction of sp³-hybridized carbons (Fsp3) is 0.600. The molecule has 0 radical (unpaired) electrons. The molecular formula is C15H23F2NO. The van der Waals surface area contributed by atoms with E-state index in [-0.39, 0.29) is 12.3 Å². The number of halogens is 2. The molecule has 1 unspecified atom stereocenters. The summed E-state index contributed by atoms with van der Waals surface area (Å²) in [5, 5.41) is 0. The highest BCUT2D eigenvalue weighted by Crippen LogP contribution is 2.24. The summed E-state index contributed by atoms with van der Waals surface area (Å²) in [6.07, 6.45) is 4.20. The molecule has 0 amide bonds. The summed E-state index contributed by atoms with van der Waals surface area (Å²) >= 11 is 0. The maximum Gasteiger partial charge on any atom is 0.190 e. The van der Waals surface area contributed by atoms with Gasteiger partial charge < -0.3 is 10.5 Å². The first-order valence-corrected chi connectivity index (χ1v) is 6.93. The molecular weight excluding hydrogens is 248 g/mol. The topological polar surface area (TPSA) is 35.2 Å². The van der Waals surface area contributed by atoms with Crippen LogP contribution in [0.25, 0.3) is 0 Å². The first-order chi connectivity index (χ1) is 9.12. The van der Waals surface area contributed by atoms with Gasteiger partial charge in [0.1, 0.15) is 0 Å². The molecule has 108 valence electrons. The number of ether oxygens (including phenoxy) is 1. The molecule has 4 heteroatoms. The third-order valence-electron chi connectivity index (χ3n) is 3.30. The van der Waals surface area contributed by atoms with Crippen LogP contribution in [0.2, 0.25) is 0 Å². The van der Waals surface area contributed by atoms with Crippen molar-refractivity contribution in [3.05, 3.63) is 29.3 Å². The second kappa shape index (κ2) is 8.10. The predicted molar refractivity (Wildman–Crippen MR) is 73.1 cm³/mol. The minimum Gasteiger partial charge on any atom is -0.487 e. The van der Waals surface area contributed by atoms with Crippen molar-refractivity contribution in [3.63, 3.8) is 0 Å². The van der Waals surface area contributed by atoms with Gasteiger partial charge in [0, 0.05) is 6.54 Å². The third kappa shape index (κ3) is 4.78. The minimum absolute atomic E-state index is 0.113. The second-order valence-corrected chi connectivity index (χ2v) is 4.82. The predicted octanol–water partition coefficient (Wildman–Crippen LogP) is 4.02. The number of benzene rings is 1. The zero-order valence-corrected chi connectivity index (χ0v) is 11.7. The molecule has 0 aliphatic heterocycles. The van der Waals surface area contributed by atoms with Gasteiger partial charge in [0.05, 0.1) is 6.61 Å². The van der Waals surface area contributed by atoms with Gasteiger partial charge in [0.25, 0.3) is 0 Å². The Morgan fingerprint density at radius 2 is 1.84 bits per heavy atom. The van der Waals surface area contributed by atoms with Gasteiger partial charge in [-0.05, 0) is 30.0 Å². The van der Waals surface area contributed by atoms with Gasteiger partial charge >= 0.3 is 0 Å². The Morgan fingerprint density at radius 1 is 1.21 bits per heavy atom. The van der Waals surface area contributed by atoms with E-state index < -0.39 is 11.6 Å². The molecule has 0 saturated carbocycles. The molecule has 1 aromatic carbocycles. The van der Waals surface area contributed by atoms with E-state index >= 15 is 0 Å². The second-order valence-electron chi connectivity index (χ2n) is 4.82. The van der Waals surface area contributed by atoms with Crippen molar-refractivity contribution in [2.75, 3.05) is 6.61 Å². The molecule has 0 saturated heterocycles. The number of nitrogens with two attached hydrogens (primary N) is 1. The Bertz CT molecular complexity index is 373. The lowest BCUT2D eigenvalue weighted by Crippen LogP contribution is -2.13. The third-order valence-corrected chi connectivity index (χ3v) is 3.30. The Hall–Kier alpha value is -1.16. The van der Waals surface area contributed by atoms with Gasteiger partial charge in [-0.15, -0.1) is 0 Å². The van der Waals surface area contributed by atoms with Crippen molar-refractivity contribution >= 4 is 0 Å². The molecule has 0 spiro atoms. The zero-order chi connectivity index (χ0) is 14.3. The largest absolute Gasteiger partial charge is 0.487 e. The van der Waals surface area contributed by atoms with Crippen LogP contribution in [0.3, 0.4) is 0 Å². The molecule has 19 heavy (non-hydrogen) atoms. The zero-order valence-electron chi connectivity index (χ0n) is 11.7. The smallest absolute Gasteiger partial charge is 0.190 e. The van der Waals surface area contributed by atoms with Crippen LogP contribution < -0.4 is 10.5 Å². The molecule has 1 atom stereocenters. The molecule has 0 heterocycles. The molecule has 0 aliphatic rings. The van der Waals surface area contributed by atoms with Crippen LogP contribution in [-0.4, -0.2) is 6.61 Å². The molecule has 0 aliphatic carbocycles. The summed E-state index contributed by atoms with van der Waals surface area (Å²) in [6, 6.07) is 2.46. The van der Waals surface area contributed by atoms with Crippen molar-refractivity contribution in [3.8, 4) is 5.75 Å². The van der Waals surface area contributed by atoms with Crippen molar-refractivity contribution in [1.82, 2.24) is 0 Å². The van der Waals surface area contributed by atoms with Crippen LogP contribution in [0.5, 0.6) is 5.75 Å².